The topological polar surface area (TPSA) is 37.6 Å². The number of hydrogen-bond acceptors (Lipinski definition) is 3. The Hall–Kier alpha value is -0.134. The summed E-state index contributed by atoms with van der Waals surface area (Å²) in [7, 11) is 3.56. The summed E-state index contributed by atoms with van der Waals surface area (Å²) in [6.07, 6.45) is 0. The molecule has 0 saturated carbocycles. The number of aromatic nitrogens is 1. The molecule has 0 aromatic carbocycles. The van der Waals surface area contributed by atoms with E-state index < -0.39 is 0 Å². The number of aryl methyl sites for hydroxylation is 1. The molecule has 0 spiro atoms. The molecule has 1 heterocycles. The number of pyridine rings is 1. The zero-order chi connectivity index (χ0) is 11.4. The molecule has 110 valence electrons. The molecule has 0 bridgehead atoms. The van der Waals surface area contributed by atoms with Gasteiger partial charge in [-0.25, -0.2) is 4.98 Å². The molecule has 1 aromatic rings. The molecule has 0 aliphatic carbocycles. The van der Waals surface area contributed by atoms with E-state index >= 15 is 0 Å². The van der Waals surface area contributed by atoms with Gasteiger partial charge in [0.05, 0.1) is 22.8 Å². The van der Waals surface area contributed by atoms with Crippen molar-refractivity contribution >= 4 is 11.4 Å². The average Bonchev–Trinajstić information content (AvgIpc) is 2.26. The van der Waals surface area contributed by atoms with Crippen molar-refractivity contribution < 1.29 is 54.0 Å². The Kier molecular flexibility index (Phi) is 18.5. The van der Waals surface area contributed by atoms with Gasteiger partial charge in [-0.2, -0.15) is 0 Å². The minimum Gasteiger partial charge on any atom is -1.00 e. The SMILES string of the molecule is CN=C(C)c1cc(C)cc(C(C)=NC)n1.[Cl-].[Cl-].[Cl-].[Co+3]. The fourth-order valence-electron chi connectivity index (χ4n) is 1.27. The van der Waals surface area contributed by atoms with Crippen molar-refractivity contribution in [1.82, 2.24) is 4.98 Å². The second kappa shape index (κ2) is 12.9. The van der Waals surface area contributed by atoms with Crippen molar-refractivity contribution in [2.24, 2.45) is 9.98 Å². The number of hydrogen-bond donors (Lipinski definition) is 0. The van der Waals surface area contributed by atoms with E-state index in [0.717, 1.165) is 22.8 Å². The molecule has 0 aliphatic rings. The van der Waals surface area contributed by atoms with E-state index in [2.05, 4.69) is 21.9 Å². The quantitative estimate of drug-likeness (QED) is 0.478. The second-order valence-corrected chi connectivity index (χ2v) is 3.53. The smallest absolute Gasteiger partial charge is 1.00 e. The van der Waals surface area contributed by atoms with Crippen LogP contribution in [-0.4, -0.2) is 30.5 Å². The van der Waals surface area contributed by atoms with Gasteiger partial charge >= 0.3 is 16.8 Å². The Bertz CT molecular complexity index is 398. The summed E-state index contributed by atoms with van der Waals surface area (Å²) in [5.41, 5.74) is 4.93. The van der Waals surface area contributed by atoms with E-state index in [1.165, 1.54) is 5.56 Å². The van der Waals surface area contributed by atoms with E-state index in [9.17, 15) is 0 Å². The third-order valence-electron chi connectivity index (χ3n) is 2.38. The summed E-state index contributed by atoms with van der Waals surface area (Å²) in [6.45, 7) is 5.98. The number of rotatable bonds is 2. The van der Waals surface area contributed by atoms with Crippen molar-refractivity contribution in [3.05, 3.63) is 29.1 Å². The first-order chi connectivity index (χ1) is 7.08. The van der Waals surface area contributed by atoms with E-state index in [1.54, 1.807) is 14.1 Å². The molecule has 0 atom stereocenters. The molecule has 19 heavy (non-hydrogen) atoms. The predicted octanol–water partition coefficient (Wildman–Crippen LogP) is -6.72. The van der Waals surface area contributed by atoms with Crippen LogP contribution in [0.5, 0.6) is 0 Å². The summed E-state index contributed by atoms with van der Waals surface area (Å²) >= 11 is 0. The summed E-state index contributed by atoms with van der Waals surface area (Å²) in [4.78, 5) is 12.8. The van der Waals surface area contributed by atoms with Gasteiger partial charge in [-0.1, -0.05) is 0 Å². The molecule has 1 rings (SSSR count). The average molecular weight is 369 g/mol. The molecular formula is C12H17Cl3CoN3. The summed E-state index contributed by atoms with van der Waals surface area (Å²) in [6, 6.07) is 4.07. The van der Waals surface area contributed by atoms with Gasteiger partial charge in [0, 0.05) is 14.1 Å². The van der Waals surface area contributed by atoms with Crippen LogP contribution < -0.4 is 37.2 Å². The van der Waals surface area contributed by atoms with E-state index in [0.29, 0.717) is 0 Å². The third kappa shape index (κ3) is 7.90. The van der Waals surface area contributed by atoms with Crippen LogP contribution in [0.25, 0.3) is 0 Å². The van der Waals surface area contributed by atoms with Crippen molar-refractivity contribution in [1.29, 1.82) is 0 Å². The Morgan fingerprint density at radius 1 is 0.895 bits per heavy atom. The van der Waals surface area contributed by atoms with Crippen molar-refractivity contribution in [2.75, 3.05) is 14.1 Å². The maximum absolute atomic E-state index is 4.51. The molecule has 0 radical (unpaired) electrons. The Morgan fingerprint density at radius 2 is 1.21 bits per heavy atom. The van der Waals surface area contributed by atoms with Gasteiger partial charge in [0.1, 0.15) is 0 Å². The van der Waals surface area contributed by atoms with Crippen LogP contribution in [0.3, 0.4) is 0 Å². The van der Waals surface area contributed by atoms with Gasteiger partial charge in [0.25, 0.3) is 0 Å². The van der Waals surface area contributed by atoms with Crippen molar-refractivity contribution in [3.8, 4) is 0 Å². The Labute approximate surface area is 144 Å². The van der Waals surface area contributed by atoms with Crippen molar-refractivity contribution in [2.45, 2.75) is 20.8 Å². The normalized spacial score (nSPS) is 10.4. The molecule has 0 N–H and O–H groups in total. The largest absolute Gasteiger partial charge is 3.00 e. The first-order valence-electron chi connectivity index (χ1n) is 4.94. The first-order valence-corrected chi connectivity index (χ1v) is 4.94. The minimum absolute atomic E-state index is 0. The first kappa shape index (κ1) is 27.2. The summed E-state index contributed by atoms with van der Waals surface area (Å²) in [5, 5.41) is 0. The Balaban J connectivity index is -0.000000281. The molecule has 0 unspecified atom stereocenters. The van der Waals surface area contributed by atoms with Crippen molar-refractivity contribution in [3.63, 3.8) is 0 Å². The van der Waals surface area contributed by atoms with Crippen LogP contribution in [0.4, 0.5) is 0 Å². The molecule has 1 aromatic heterocycles. The fourth-order valence-corrected chi connectivity index (χ4v) is 1.27. The van der Waals surface area contributed by atoms with Crippen LogP contribution >= 0.6 is 0 Å². The van der Waals surface area contributed by atoms with Gasteiger partial charge < -0.3 is 37.2 Å². The number of nitrogens with zero attached hydrogens (tertiary/aromatic N) is 3. The van der Waals surface area contributed by atoms with Gasteiger partial charge in [-0.3, -0.25) is 9.98 Å². The second-order valence-electron chi connectivity index (χ2n) is 3.53. The van der Waals surface area contributed by atoms with E-state index in [-0.39, 0.29) is 54.0 Å². The molecule has 7 heteroatoms. The zero-order valence-electron chi connectivity index (χ0n) is 11.5. The summed E-state index contributed by atoms with van der Waals surface area (Å²) in [5.74, 6) is 0. The zero-order valence-corrected chi connectivity index (χ0v) is 14.8. The van der Waals surface area contributed by atoms with Crippen LogP contribution in [0.1, 0.15) is 30.8 Å². The number of aliphatic imine (C=N–C) groups is 2. The third-order valence-corrected chi connectivity index (χ3v) is 2.38. The van der Waals surface area contributed by atoms with Gasteiger partial charge in [-0.15, -0.1) is 0 Å². The minimum atomic E-state index is 0. The maximum atomic E-state index is 4.51. The van der Waals surface area contributed by atoms with Gasteiger partial charge in [-0.05, 0) is 38.5 Å². The predicted molar refractivity (Wildman–Crippen MR) is 65.2 cm³/mol. The van der Waals surface area contributed by atoms with Gasteiger partial charge in [0.2, 0.25) is 0 Å². The fraction of sp³-hybridized carbons (Fsp3) is 0.417. The number of halogens is 3. The molecule has 0 saturated heterocycles. The van der Waals surface area contributed by atoms with Crippen LogP contribution in [-0.2, 0) is 16.8 Å². The molecular weight excluding hydrogens is 351 g/mol. The maximum Gasteiger partial charge on any atom is 3.00 e. The van der Waals surface area contributed by atoms with Crippen LogP contribution in [0.15, 0.2) is 22.1 Å². The Morgan fingerprint density at radius 3 is 1.47 bits per heavy atom. The summed E-state index contributed by atoms with van der Waals surface area (Å²) < 4.78 is 0. The molecule has 3 nitrogen and oxygen atoms in total. The van der Waals surface area contributed by atoms with E-state index in [1.807, 2.05) is 26.0 Å². The monoisotopic (exact) mass is 367 g/mol. The van der Waals surface area contributed by atoms with Gasteiger partial charge in [0.15, 0.2) is 0 Å². The van der Waals surface area contributed by atoms with E-state index in [4.69, 9.17) is 0 Å². The molecule has 0 aliphatic heterocycles. The standard InChI is InChI=1S/C12H17N3.3ClH.Co/c1-8-6-11(9(2)13-4)15-12(7-8)10(3)14-5;;;;/h6-7H,1-5H3;3*1H;/q;;;;+3/p-3. The van der Waals surface area contributed by atoms with Crippen LogP contribution in [0.2, 0.25) is 0 Å². The molecule has 0 fully saturated rings. The van der Waals surface area contributed by atoms with Crippen LogP contribution in [0, 0.1) is 6.92 Å². The molecule has 0 amide bonds.